The minimum absolute atomic E-state index is 0.104. The van der Waals surface area contributed by atoms with Crippen molar-refractivity contribution in [2.24, 2.45) is 0 Å². The van der Waals surface area contributed by atoms with E-state index in [4.69, 9.17) is 4.74 Å². The molecule has 0 spiro atoms. The maximum absolute atomic E-state index is 13.5. The van der Waals surface area contributed by atoms with Crippen molar-refractivity contribution in [2.45, 2.75) is 46.4 Å². The number of anilines is 1. The van der Waals surface area contributed by atoms with E-state index in [0.29, 0.717) is 18.0 Å². The van der Waals surface area contributed by atoms with E-state index in [0.717, 1.165) is 16.7 Å². The average Bonchev–Trinajstić information content (AvgIpc) is 2.77. The fraction of sp³-hybridized carbons (Fsp3) is 0.259. The van der Waals surface area contributed by atoms with Gasteiger partial charge < -0.3 is 15.0 Å². The Morgan fingerprint density at radius 2 is 1.66 bits per heavy atom. The van der Waals surface area contributed by atoms with E-state index in [-0.39, 0.29) is 17.9 Å². The highest BCUT2D eigenvalue weighted by molar-refractivity contribution is 5.88. The molecule has 0 aliphatic rings. The Morgan fingerprint density at radius 1 is 0.938 bits per heavy atom. The Hall–Kier alpha value is -3.60. The zero-order valence-electron chi connectivity index (χ0n) is 19.0. The van der Waals surface area contributed by atoms with E-state index in [1.165, 1.54) is 6.92 Å². The summed E-state index contributed by atoms with van der Waals surface area (Å²) in [6.07, 6.45) is -0.651. The van der Waals surface area contributed by atoms with Gasteiger partial charge in [0, 0.05) is 19.2 Å². The van der Waals surface area contributed by atoms with Crippen LogP contribution in [0.15, 0.2) is 78.9 Å². The lowest BCUT2D eigenvalue weighted by Crippen LogP contribution is -2.41. The fourth-order valence-corrected chi connectivity index (χ4v) is 3.62. The first kappa shape index (κ1) is 23.1. The number of hydrogen-bond donors (Lipinski definition) is 1. The number of nitrogens with zero attached hydrogens (tertiary/aromatic N) is 1. The first-order valence-electron chi connectivity index (χ1n) is 10.8. The van der Waals surface area contributed by atoms with Gasteiger partial charge in [0.25, 0.3) is 5.91 Å². The molecular formula is C27H30N2O3. The molecule has 0 saturated carbocycles. The SMILES string of the molecule is CC(=O)Nc1cccc([C@H](C)N(Cc2ccccc2)C(=O)[C@@H](C)Oc2cccc(C)c2)c1. The first-order chi connectivity index (χ1) is 15.3. The number of hydrogen-bond acceptors (Lipinski definition) is 3. The molecule has 2 atom stereocenters. The smallest absolute Gasteiger partial charge is 0.264 e. The lowest BCUT2D eigenvalue weighted by atomic mass is 10.0. The van der Waals surface area contributed by atoms with Crippen molar-refractivity contribution < 1.29 is 14.3 Å². The van der Waals surface area contributed by atoms with Gasteiger partial charge >= 0.3 is 0 Å². The topological polar surface area (TPSA) is 58.6 Å². The van der Waals surface area contributed by atoms with Crippen molar-refractivity contribution in [3.63, 3.8) is 0 Å². The summed E-state index contributed by atoms with van der Waals surface area (Å²) >= 11 is 0. The average molecular weight is 431 g/mol. The Balaban J connectivity index is 1.87. The molecule has 0 aliphatic heterocycles. The fourth-order valence-electron chi connectivity index (χ4n) is 3.62. The Morgan fingerprint density at radius 3 is 2.34 bits per heavy atom. The van der Waals surface area contributed by atoms with Crippen LogP contribution in [0.1, 0.15) is 43.5 Å². The number of benzene rings is 3. The number of nitrogens with one attached hydrogen (secondary N) is 1. The van der Waals surface area contributed by atoms with Crippen LogP contribution in [0.5, 0.6) is 5.75 Å². The third-order valence-electron chi connectivity index (χ3n) is 5.29. The number of amides is 2. The monoisotopic (exact) mass is 430 g/mol. The second-order valence-corrected chi connectivity index (χ2v) is 8.01. The molecule has 3 rings (SSSR count). The summed E-state index contributed by atoms with van der Waals surface area (Å²) in [5.74, 6) is 0.436. The lowest BCUT2D eigenvalue weighted by molar-refractivity contribution is -0.141. The van der Waals surface area contributed by atoms with E-state index in [2.05, 4.69) is 5.32 Å². The van der Waals surface area contributed by atoms with E-state index < -0.39 is 6.10 Å². The maximum Gasteiger partial charge on any atom is 0.264 e. The largest absolute Gasteiger partial charge is 0.481 e. The number of rotatable bonds is 8. The van der Waals surface area contributed by atoms with E-state index >= 15 is 0 Å². The summed E-state index contributed by atoms with van der Waals surface area (Å²) in [5, 5.41) is 2.81. The molecule has 166 valence electrons. The zero-order valence-corrected chi connectivity index (χ0v) is 19.0. The molecule has 0 aromatic heterocycles. The summed E-state index contributed by atoms with van der Waals surface area (Å²) < 4.78 is 5.99. The third-order valence-corrected chi connectivity index (χ3v) is 5.29. The van der Waals surface area contributed by atoms with Crippen LogP contribution in [0.4, 0.5) is 5.69 Å². The van der Waals surface area contributed by atoms with Gasteiger partial charge in [0.05, 0.1) is 6.04 Å². The quantitative estimate of drug-likeness (QED) is 0.513. The predicted molar refractivity (Wildman–Crippen MR) is 127 cm³/mol. The second-order valence-electron chi connectivity index (χ2n) is 8.01. The molecule has 3 aromatic carbocycles. The summed E-state index contributed by atoms with van der Waals surface area (Å²) in [7, 11) is 0. The molecule has 32 heavy (non-hydrogen) atoms. The van der Waals surface area contributed by atoms with Crippen molar-refractivity contribution in [2.75, 3.05) is 5.32 Å². The lowest BCUT2D eigenvalue weighted by Gasteiger charge is -2.32. The van der Waals surface area contributed by atoms with E-state index in [9.17, 15) is 9.59 Å². The molecule has 5 heteroatoms. The van der Waals surface area contributed by atoms with Gasteiger partial charge in [0.1, 0.15) is 5.75 Å². The highest BCUT2D eigenvalue weighted by Crippen LogP contribution is 2.26. The summed E-state index contributed by atoms with van der Waals surface area (Å²) in [6.45, 7) is 7.69. The first-order valence-corrected chi connectivity index (χ1v) is 10.8. The molecule has 0 radical (unpaired) electrons. The van der Waals surface area contributed by atoms with Crippen LogP contribution in [-0.4, -0.2) is 22.8 Å². The van der Waals surface area contributed by atoms with Crippen LogP contribution in [0, 0.1) is 6.92 Å². The number of aryl methyl sites for hydroxylation is 1. The summed E-state index contributed by atoms with van der Waals surface area (Å²) in [4.78, 5) is 26.8. The zero-order chi connectivity index (χ0) is 23.1. The van der Waals surface area contributed by atoms with Crippen molar-refractivity contribution in [3.05, 3.63) is 95.6 Å². The van der Waals surface area contributed by atoms with Crippen LogP contribution >= 0.6 is 0 Å². The Kier molecular flexibility index (Phi) is 7.66. The molecule has 2 amide bonds. The Labute approximate surface area is 190 Å². The van der Waals surface area contributed by atoms with Gasteiger partial charge in [-0.15, -0.1) is 0 Å². The van der Waals surface area contributed by atoms with Crippen LogP contribution in [-0.2, 0) is 16.1 Å². The molecule has 0 saturated heterocycles. The van der Waals surface area contributed by atoms with Gasteiger partial charge in [-0.2, -0.15) is 0 Å². The molecule has 0 fully saturated rings. The molecule has 0 unspecified atom stereocenters. The Bertz CT molecular complexity index is 1070. The highest BCUT2D eigenvalue weighted by atomic mass is 16.5. The number of carbonyl (C=O) groups is 2. The van der Waals surface area contributed by atoms with Gasteiger partial charge in [0.15, 0.2) is 6.10 Å². The van der Waals surface area contributed by atoms with Crippen LogP contribution in [0.3, 0.4) is 0 Å². The van der Waals surface area contributed by atoms with Gasteiger partial charge in [0.2, 0.25) is 5.91 Å². The second kappa shape index (κ2) is 10.6. The van der Waals surface area contributed by atoms with Gasteiger partial charge in [-0.3, -0.25) is 9.59 Å². The van der Waals surface area contributed by atoms with Gasteiger partial charge in [-0.25, -0.2) is 0 Å². The number of carbonyl (C=O) groups excluding carboxylic acids is 2. The van der Waals surface area contributed by atoms with Crippen LogP contribution < -0.4 is 10.1 Å². The van der Waals surface area contributed by atoms with Crippen LogP contribution in [0.25, 0.3) is 0 Å². The summed E-state index contributed by atoms with van der Waals surface area (Å²) in [6, 6.07) is 25.0. The van der Waals surface area contributed by atoms with Crippen molar-refractivity contribution >= 4 is 17.5 Å². The molecule has 5 nitrogen and oxygen atoms in total. The number of ether oxygens (including phenoxy) is 1. The van der Waals surface area contributed by atoms with Crippen LogP contribution in [0.2, 0.25) is 0 Å². The molecule has 1 N–H and O–H groups in total. The summed E-state index contributed by atoms with van der Waals surface area (Å²) in [5.41, 5.74) is 3.75. The van der Waals surface area contributed by atoms with E-state index in [1.807, 2.05) is 97.6 Å². The van der Waals surface area contributed by atoms with Crippen molar-refractivity contribution in [1.29, 1.82) is 0 Å². The van der Waals surface area contributed by atoms with Gasteiger partial charge in [-0.05, 0) is 61.7 Å². The predicted octanol–water partition coefficient (Wildman–Crippen LogP) is 5.51. The molecule has 3 aromatic rings. The highest BCUT2D eigenvalue weighted by Gasteiger charge is 2.27. The van der Waals surface area contributed by atoms with E-state index in [1.54, 1.807) is 6.92 Å². The minimum atomic E-state index is -0.651. The normalized spacial score (nSPS) is 12.5. The minimum Gasteiger partial charge on any atom is -0.481 e. The molecule has 0 aliphatic carbocycles. The third kappa shape index (κ3) is 6.20. The van der Waals surface area contributed by atoms with Gasteiger partial charge in [-0.1, -0.05) is 54.6 Å². The molecular weight excluding hydrogens is 400 g/mol. The maximum atomic E-state index is 13.5. The van der Waals surface area contributed by atoms with Crippen molar-refractivity contribution in [1.82, 2.24) is 4.90 Å². The molecule has 0 heterocycles. The molecule has 0 bridgehead atoms. The standard InChI is InChI=1S/C27H30N2O3/c1-19-10-8-15-26(16-19)32-21(3)27(31)29(18-23-11-6-5-7-12-23)20(2)24-13-9-14-25(17-24)28-22(4)30/h5-17,20-21H,18H2,1-4H3,(H,28,30)/t20-,21+/m0/s1. The van der Waals surface area contributed by atoms with Crippen molar-refractivity contribution in [3.8, 4) is 5.75 Å².